The van der Waals surface area contributed by atoms with Crippen LogP contribution in [-0.4, -0.2) is 57.8 Å². The minimum Gasteiger partial charge on any atom is -0.396 e. The maximum Gasteiger partial charge on any atom is 0.272 e. The van der Waals surface area contributed by atoms with Gasteiger partial charge in [-0.05, 0) is 36.4 Å². The highest BCUT2D eigenvalue weighted by atomic mass is 16.2. The number of aromatic nitrogens is 3. The maximum atomic E-state index is 12.8. The molecule has 9 nitrogen and oxygen atoms in total. The van der Waals surface area contributed by atoms with E-state index in [1.807, 2.05) is 24.3 Å². The molecule has 0 atom stereocenters. The largest absolute Gasteiger partial charge is 0.396 e. The lowest BCUT2D eigenvalue weighted by molar-refractivity contribution is 0.0740. The van der Waals surface area contributed by atoms with Crippen molar-refractivity contribution in [1.29, 1.82) is 0 Å². The summed E-state index contributed by atoms with van der Waals surface area (Å²) in [6.07, 6.45) is 4.81. The van der Waals surface area contributed by atoms with Crippen molar-refractivity contribution in [3.8, 4) is 0 Å². The van der Waals surface area contributed by atoms with Crippen molar-refractivity contribution in [3.63, 3.8) is 0 Å². The van der Waals surface area contributed by atoms with Crippen LogP contribution >= 0.6 is 0 Å². The number of rotatable bonds is 5. The third-order valence-corrected chi connectivity index (χ3v) is 5.08. The van der Waals surface area contributed by atoms with Gasteiger partial charge in [0.2, 0.25) is 0 Å². The first-order valence-corrected chi connectivity index (χ1v) is 10.0. The summed E-state index contributed by atoms with van der Waals surface area (Å²) in [6, 6.07) is 12.3. The Labute approximate surface area is 179 Å². The van der Waals surface area contributed by atoms with Gasteiger partial charge in [0.05, 0.1) is 23.5 Å². The second kappa shape index (κ2) is 9.21. The Hall–Kier alpha value is -4.01. The van der Waals surface area contributed by atoms with Gasteiger partial charge in [0.25, 0.3) is 11.8 Å². The quantitative estimate of drug-likeness (QED) is 0.643. The van der Waals surface area contributed by atoms with Crippen molar-refractivity contribution in [2.45, 2.75) is 6.54 Å². The molecule has 0 aromatic carbocycles. The standard InChI is InChI=1S/C22H23N7O2/c23-18-5-3-9-25-20(18)28-10-12-29(13-11-28)22(31)19-7-6-16(14-26-19)21(30)27-15-17-4-1-2-8-24-17/h1-9,14H,10-13,15,23H2,(H,27,30). The van der Waals surface area contributed by atoms with Gasteiger partial charge >= 0.3 is 0 Å². The summed E-state index contributed by atoms with van der Waals surface area (Å²) in [6.45, 7) is 2.69. The van der Waals surface area contributed by atoms with Crippen LogP contribution in [0.25, 0.3) is 0 Å². The van der Waals surface area contributed by atoms with E-state index < -0.39 is 0 Å². The van der Waals surface area contributed by atoms with Gasteiger partial charge in [-0.15, -0.1) is 0 Å². The summed E-state index contributed by atoms with van der Waals surface area (Å²) in [7, 11) is 0. The van der Waals surface area contributed by atoms with Gasteiger partial charge in [0.15, 0.2) is 5.82 Å². The van der Waals surface area contributed by atoms with Crippen LogP contribution in [0.4, 0.5) is 11.5 Å². The summed E-state index contributed by atoms with van der Waals surface area (Å²) in [5, 5.41) is 2.79. The molecule has 0 aliphatic carbocycles. The summed E-state index contributed by atoms with van der Waals surface area (Å²) in [5.41, 5.74) is 8.09. The first kappa shape index (κ1) is 20.3. The number of pyridine rings is 3. The average Bonchev–Trinajstić information content (AvgIpc) is 2.83. The molecule has 31 heavy (non-hydrogen) atoms. The zero-order valence-electron chi connectivity index (χ0n) is 16.9. The summed E-state index contributed by atoms with van der Waals surface area (Å²) >= 11 is 0. The number of amides is 2. The van der Waals surface area contributed by atoms with Gasteiger partial charge in [-0.3, -0.25) is 19.6 Å². The zero-order valence-corrected chi connectivity index (χ0v) is 16.9. The maximum absolute atomic E-state index is 12.8. The van der Waals surface area contributed by atoms with Crippen molar-refractivity contribution >= 4 is 23.3 Å². The monoisotopic (exact) mass is 417 g/mol. The van der Waals surface area contributed by atoms with Gasteiger partial charge in [-0.1, -0.05) is 6.07 Å². The summed E-state index contributed by atoms with van der Waals surface area (Å²) in [4.78, 5) is 41.6. The second-order valence-electron chi connectivity index (χ2n) is 7.13. The topological polar surface area (TPSA) is 117 Å². The van der Waals surface area contributed by atoms with E-state index in [2.05, 4.69) is 25.2 Å². The highest BCUT2D eigenvalue weighted by Gasteiger charge is 2.24. The number of hydrogen-bond acceptors (Lipinski definition) is 7. The SMILES string of the molecule is Nc1cccnc1N1CCN(C(=O)c2ccc(C(=O)NCc3ccccn3)cn2)CC1. The predicted molar refractivity (Wildman–Crippen MR) is 116 cm³/mol. The van der Waals surface area contributed by atoms with Gasteiger partial charge in [-0.25, -0.2) is 4.98 Å². The molecule has 0 bridgehead atoms. The van der Waals surface area contributed by atoms with Gasteiger partial charge in [0, 0.05) is 44.8 Å². The molecule has 9 heteroatoms. The zero-order chi connectivity index (χ0) is 21.6. The van der Waals surface area contributed by atoms with Gasteiger partial charge < -0.3 is 20.9 Å². The van der Waals surface area contributed by atoms with Crippen LogP contribution in [0.5, 0.6) is 0 Å². The van der Waals surface area contributed by atoms with E-state index in [1.54, 1.807) is 35.5 Å². The van der Waals surface area contributed by atoms with Crippen LogP contribution in [0.15, 0.2) is 61.1 Å². The molecule has 0 radical (unpaired) electrons. The first-order chi connectivity index (χ1) is 15.1. The lowest BCUT2D eigenvalue weighted by Gasteiger charge is -2.35. The minimum absolute atomic E-state index is 0.158. The first-order valence-electron chi connectivity index (χ1n) is 10.0. The van der Waals surface area contributed by atoms with Crippen LogP contribution in [0.2, 0.25) is 0 Å². The molecule has 1 fully saturated rings. The van der Waals surface area contributed by atoms with E-state index in [9.17, 15) is 9.59 Å². The molecule has 1 saturated heterocycles. The van der Waals surface area contributed by atoms with E-state index in [-0.39, 0.29) is 11.8 Å². The Bertz CT molecular complexity index is 1050. The number of nitrogens with one attached hydrogen (secondary N) is 1. The fraction of sp³-hybridized carbons (Fsp3) is 0.227. The Morgan fingerprint density at radius 2 is 1.74 bits per heavy atom. The Morgan fingerprint density at radius 3 is 2.42 bits per heavy atom. The van der Waals surface area contributed by atoms with E-state index in [0.29, 0.717) is 49.7 Å². The number of nitrogens with two attached hydrogens (primary N) is 1. The van der Waals surface area contributed by atoms with Crippen molar-refractivity contribution in [1.82, 2.24) is 25.2 Å². The highest BCUT2D eigenvalue weighted by Crippen LogP contribution is 2.21. The Kier molecular flexibility index (Phi) is 6.02. The molecule has 2 amide bonds. The average molecular weight is 417 g/mol. The van der Waals surface area contributed by atoms with E-state index in [4.69, 9.17) is 5.73 Å². The normalized spacial score (nSPS) is 13.7. The molecular weight excluding hydrogens is 394 g/mol. The molecule has 3 aromatic rings. The summed E-state index contributed by atoms with van der Waals surface area (Å²) in [5.74, 6) is 0.321. The van der Waals surface area contributed by atoms with Crippen LogP contribution in [0.1, 0.15) is 26.5 Å². The summed E-state index contributed by atoms with van der Waals surface area (Å²) < 4.78 is 0. The molecular formula is C22H23N7O2. The van der Waals surface area contributed by atoms with E-state index in [0.717, 1.165) is 11.5 Å². The number of nitrogen functional groups attached to an aromatic ring is 1. The van der Waals surface area contributed by atoms with Crippen LogP contribution < -0.4 is 16.0 Å². The van der Waals surface area contributed by atoms with Crippen molar-refractivity contribution in [3.05, 3.63) is 78.0 Å². The molecule has 1 aliphatic heterocycles. The molecule has 158 valence electrons. The molecule has 4 rings (SSSR count). The minimum atomic E-state index is -0.265. The Morgan fingerprint density at radius 1 is 0.935 bits per heavy atom. The van der Waals surface area contributed by atoms with Gasteiger partial charge in [0.1, 0.15) is 5.69 Å². The fourth-order valence-corrected chi connectivity index (χ4v) is 3.39. The third-order valence-electron chi connectivity index (χ3n) is 5.08. The molecule has 0 spiro atoms. The predicted octanol–water partition coefficient (Wildman–Crippen LogP) is 1.35. The molecule has 1 aliphatic rings. The van der Waals surface area contributed by atoms with Crippen LogP contribution in [0, 0.1) is 0 Å². The van der Waals surface area contributed by atoms with Crippen LogP contribution in [-0.2, 0) is 6.54 Å². The highest BCUT2D eigenvalue weighted by molar-refractivity contribution is 5.96. The molecule has 0 unspecified atom stereocenters. The molecule has 4 heterocycles. The van der Waals surface area contributed by atoms with Crippen molar-refractivity contribution in [2.75, 3.05) is 36.8 Å². The number of carbonyl (C=O) groups excluding carboxylic acids is 2. The third kappa shape index (κ3) is 4.77. The smallest absolute Gasteiger partial charge is 0.272 e. The molecule has 3 aromatic heterocycles. The Balaban J connectivity index is 1.32. The lowest BCUT2D eigenvalue weighted by Crippen LogP contribution is -2.49. The fourth-order valence-electron chi connectivity index (χ4n) is 3.39. The number of nitrogens with zero attached hydrogens (tertiary/aromatic N) is 5. The lowest BCUT2D eigenvalue weighted by atomic mass is 10.2. The molecule has 3 N–H and O–H groups in total. The van der Waals surface area contributed by atoms with E-state index >= 15 is 0 Å². The van der Waals surface area contributed by atoms with Crippen LogP contribution in [0.3, 0.4) is 0 Å². The van der Waals surface area contributed by atoms with E-state index in [1.165, 1.54) is 6.20 Å². The number of carbonyl (C=O) groups is 2. The number of anilines is 2. The number of hydrogen-bond donors (Lipinski definition) is 2. The van der Waals surface area contributed by atoms with Crippen molar-refractivity contribution < 1.29 is 9.59 Å². The van der Waals surface area contributed by atoms with Gasteiger partial charge in [-0.2, -0.15) is 0 Å². The molecule has 0 saturated carbocycles. The van der Waals surface area contributed by atoms with Crippen molar-refractivity contribution in [2.24, 2.45) is 0 Å². The number of piperazine rings is 1. The second-order valence-corrected chi connectivity index (χ2v) is 7.13.